The molecule has 1 amide bonds. The maximum absolute atomic E-state index is 12.6. The Bertz CT molecular complexity index is 585. The van der Waals surface area contributed by atoms with Gasteiger partial charge in [-0.3, -0.25) is 4.79 Å². The van der Waals surface area contributed by atoms with E-state index in [1.165, 1.54) is 25.7 Å². The van der Waals surface area contributed by atoms with Crippen LogP contribution in [0.5, 0.6) is 11.5 Å². The van der Waals surface area contributed by atoms with Gasteiger partial charge in [-0.25, -0.2) is 0 Å². The number of hydrogen-bond donors (Lipinski definition) is 1. The van der Waals surface area contributed by atoms with Gasteiger partial charge in [-0.1, -0.05) is 46.0 Å². The highest BCUT2D eigenvalue weighted by Gasteiger charge is 2.13. The minimum absolute atomic E-state index is 0.0436. The Balaban J connectivity index is 1.89. The van der Waals surface area contributed by atoms with Gasteiger partial charge in [-0.2, -0.15) is 0 Å². The first-order valence-corrected chi connectivity index (χ1v) is 11.6. The number of piperidine rings is 1. The zero-order valence-electron chi connectivity index (χ0n) is 18.5. The lowest BCUT2D eigenvalue weighted by Gasteiger charge is -2.26. The monoisotopic (exact) mass is 404 g/mol. The molecule has 1 aromatic rings. The average Bonchev–Trinajstić information content (AvgIpc) is 2.75. The molecule has 5 nitrogen and oxygen atoms in total. The molecule has 1 aliphatic heterocycles. The summed E-state index contributed by atoms with van der Waals surface area (Å²) in [6.07, 6.45) is 10.5. The molecule has 0 spiro atoms. The van der Waals surface area contributed by atoms with E-state index < -0.39 is 0 Å². The molecule has 2 rings (SSSR count). The largest absolute Gasteiger partial charge is 0.490 e. The number of unbranched alkanes of at least 4 members (excludes halogenated alkanes) is 4. The molecule has 1 aromatic carbocycles. The summed E-state index contributed by atoms with van der Waals surface area (Å²) in [4.78, 5) is 15.0. The van der Waals surface area contributed by atoms with E-state index in [0.717, 1.165) is 57.5 Å². The smallest absolute Gasteiger partial charge is 0.251 e. The molecule has 164 valence electrons. The van der Waals surface area contributed by atoms with E-state index >= 15 is 0 Å². The van der Waals surface area contributed by atoms with Crippen molar-refractivity contribution in [3.05, 3.63) is 23.8 Å². The van der Waals surface area contributed by atoms with Crippen molar-refractivity contribution in [2.24, 2.45) is 0 Å². The first-order chi connectivity index (χ1) is 14.2. The van der Waals surface area contributed by atoms with Gasteiger partial charge in [-0.05, 0) is 57.0 Å². The molecule has 0 saturated carbocycles. The van der Waals surface area contributed by atoms with Gasteiger partial charge >= 0.3 is 0 Å². The number of rotatable bonds is 14. The van der Waals surface area contributed by atoms with Crippen LogP contribution in [0.1, 0.15) is 82.0 Å². The topological polar surface area (TPSA) is 50.8 Å². The first kappa shape index (κ1) is 23.5. The van der Waals surface area contributed by atoms with Crippen LogP contribution in [0.2, 0.25) is 0 Å². The number of likely N-dealkylation sites (tertiary alicyclic amines) is 1. The molecular weight excluding hydrogens is 364 g/mol. The Morgan fingerprint density at radius 1 is 0.931 bits per heavy atom. The third kappa shape index (κ3) is 9.07. The van der Waals surface area contributed by atoms with Gasteiger partial charge < -0.3 is 19.7 Å². The Hall–Kier alpha value is -1.75. The molecule has 1 aliphatic rings. The van der Waals surface area contributed by atoms with E-state index in [9.17, 15) is 4.79 Å². The Kier molecular flexibility index (Phi) is 11.6. The number of nitrogens with one attached hydrogen (secondary N) is 1. The molecule has 0 bridgehead atoms. The highest BCUT2D eigenvalue weighted by atomic mass is 16.5. The fourth-order valence-corrected chi connectivity index (χ4v) is 3.56. The second-order valence-corrected chi connectivity index (χ2v) is 7.93. The van der Waals surface area contributed by atoms with E-state index in [2.05, 4.69) is 24.1 Å². The van der Waals surface area contributed by atoms with Crippen molar-refractivity contribution in [1.29, 1.82) is 0 Å². The second-order valence-electron chi connectivity index (χ2n) is 7.93. The predicted molar refractivity (Wildman–Crippen MR) is 119 cm³/mol. The van der Waals surface area contributed by atoms with Gasteiger partial charge in [0.2, 0.25) is 0 Å². The maximum Gasteiger partial charge on any atom is 0.251 e. The number of hydrogen-bond acceptors (Lipinski definition) is 4. The number of carbonyl (C=O) groups excluding carboxylic acids is 1. The lowest BCUT2D eigenvalue weighted by atomic mass is 10.1. The third-order valence-corrected chi connectivity index (χ3v) is 5.38. The highest BCUT2D eigenvalue weighted by molar-refractivity contribution is 5.94. The SMILES string of the molecule is CCCCCOc1ccc(C(=O)NCCN2CCCCC2)cc1OCCCCC. The summed E-state index contributed by atoms with van der Waals surface area (Å²) in [5.74, 6) is 1.38. The van der Waals surface area contributed by atoms with Crippen molar-refractivity contribution in [1.82, 2.24) is 10.2 Å². The van der Waals surface area contributed by atoms with Crippen LogP contribution in [0.15, 0.2) is 18.2 Å². The van der Waals surface area contributed by atoms with Crippen molar-refractivity contribution < 1.29 is 14.3 Å². The van der Waals surface area contributed by atoms with Crippen LogP contribution in [0.25, 0.3) is 0 Å². The van der Waals surface area contributed by atoms with Crippen molar-refractivity contribution in [3.8, 4) is 11.5 Å². The Morgan fingerprint density at radius 2 is 1.59 bits per heavy atom. The summed E-state index contributed by atoms with van der Waals surface area (Å²) in [6.45, 7) is 9.59. The van der Waals surface area contributed by atoms with Gasteiger partial charge in [0, 0.05) is 18.7 Å². The zero-order valence-corrected chi connectivity index (χ0v) is 18.5. The summed E-state index contributed by atoms with van der Waals surface area (Å²) >= 11 is 0. The number of carbonyl (C=O) groups is 1. The van der Waals surface area contributed by atoms with Crippen molar-refractivity contribution in [2.45, 2.75) is 71.6 Å². The second kappa shape index (κ2) is 14.3. The van der Waals surface area contributed by atoms with Crippen LogP contribution in [0, 0.1) is 0 Å². The van der Waals surface area contributed by atoms with Gasteiger partial charge in [0.25, 0.3) is 5.91 Å². The Labute approximate surface area is 177 Å². The quantitative estimate of drug-likeness (QED) is 0.441. The molecule has 29 heavy (non-hydrogen) atoms. The molecular formula is C24H40N2O3. The maximum atomic E-state index is 12.6. The first-order valence-electron chi connectivity index (χ1n) is 11.6. The van der Waals surface area contributed by atoms with Crippen molar-refractivity contribution in [2.75, 3.05) is 39.4 Å². The summed E-state index contributed by atoms with van der Waals surface area (Å²) in [7, 11) is 0. The average molecular weight is 405 g/mol. The van der Waals surface area contributed by atoms with E-state index in [1.54, 1.807) is 0 Å². The number of nitrogens with zero attached hydrogens (tertiary/aromatic N) is 1. The van der Waals surface area contributed by atoms with Gasteiger partial charge in [0.05, 0.1) is 13.2 Å². The molecule has 1 heterocycles. The van der Waals surface area contributed by atoms with Crippen LogP contribution >= 0.6 is 0 Å². The zero-order chi connectivity index (χ0) is 20.7. The molecule has 1 fully saturated rings. The lowest BCUT2D eigenvalue weighted by molar-refractivity contribution is 0.0946. The van der Waals surface area contributed by atoms with Gasteiger partial charge in [0.1, 0.15) is 0 Å². The van der Waals surface area contributed by atoms with Gasteiger partial charge in [0.15, 0.2) is 11.5 Å². The molecule has 1 saturated heterocycles. The Morgan fingerprint density at radius 3 is 2.24 bits per heavy atom. The molecule has 0 aliphatic carbocycles. The van der Waals surface area contributed by atoms with Crippen LogP contribution in [0.3, 0.4) is 0 Å². The number of amides is 1. The van der Waals surface area contributed by atoms with Crippen LogP contribution in [-0.2, 0) is 0 Å². The predicted octanol–water partition coefficient (Wildman–Crippen LogP) is 5.04. The van der Waals surface area contributed by atoms with Crippen LogP contribution < -0.4 is 14.8 Å². The van der Waals surface area contributed by atoms with E-state index in [4.69, 9.17) is 9.47 Å². The molecule has 1 N–H and O–H groups in total. The van der Waals surface area contributed by atoms with Crippen molar-refractivity contribution in [3.63, 3.8) is 0 Å². The van der Waals surface area contributed by atoms with Crippen LogP contribution in [0.4, 0.5) is 0 Å². The number of ether oxygens (including phenoxy) is 2. The normalized spacial score (nSPS) is 14.6. The van der Waals surface area contributed by atoms with E-state index in [-0.39, 0.29) is 5.91 Å². The third-order valence-electron chi connectivity index (χ3n) is 5.38. The molecule has 5 heteroatoms. The minimum atomic E-state index is -0.0436. The fourth-order valence-electron chi connectivity index (χ4n) is 3.56. The van der Waals surface area contributed by atoms with Crippen LogP contribution in [-0.4, -0.2) is 50.2 Å². The summed E-state index contributed by atoms with van der Waals surface area (Å²) < 4.78 is 11.9. The van der Waals surface area contributed by atoms with E-state index in [0.29, 0.717) is 31.1 Å². The molecule has 0 aromatic heterocycles. The molecule has 0 radical (unpaired) electrons. The number of benzene rings is 1. The summed E-state index contributed by atoms with van der Waals surface area (Å²) in [5, 5.41) is 3.05. The fraction of sp³-hybridized carbons (Fsp3) is 0.708. The summed E-state index contributed by atoms with van der Waals surface area (Å²) in [6, 6.07) is 5.54. The highest BCUT2D eigenvalue weighted by Crippen LogP contribution is 2.29. The van der Waals surface area contributed by atoms with Gasteiger partial charge in [-0.15, -0.1) is 0 Å². The van der Waals surface area contributed by atoms with E-state index in [1.807, 2.05) is 18.2 Å². The standard InChI is InChI=1S/C24H40N2O3/c1-3-5-10-18-28-22-13-12-21(20-23(22)29-19-11-6-4-2)24(27)25-14-17-26-15-8-7-9-16-26/h12-13,20H,3-11,14-19H2,1-2H3,(H,25,27). The molecule has 0 atom stereocenters. The lowest BCUT2D eigenvalue weighted by Crippen LogP contribution is -2.37. The minimum Gasteiger partial charge on any atom is -0.490 e. The van der Waals surface area contributed by atoms with Crippen molar-refractivity contribution >= 4 is 5.91 Å². The summed E-state index contributed by atoms with van der Waals surface area (Å²) in [5.41, 5.74) is 0.634. The molecule has 0 unspecified atom stereocenters.